The highest BCUT2D eigenvalue weighted by Gasteiger charge is 1.98. The molecule has 0 saturated carbocycles. The Hall–Kier alpha value is -0.860. The van der Waals surface area contributed by atoms with Gasteiger partial charge < -0.3 is 5.73 Å². The molecule has 0 aliphatic rings. The van der Waals surface area contributed by atoms with Crippen LogP contribution < -0.4 is 5.73 Å². The number of hydrogen-bond acceptors (Lipinski definition) is 1. The van der Waals surface area contributed by atoms with Crippen molar-refractivity contribution in [1.29, 1.82) is 0 Å². The van der Waals surface area contributed by atoms with Crippen LogP contribution in [0.15, 0.2) is 23.8 Å². The fourth-order valence-corrected chi connectivity index (χ4v) is 1.06. The minimum absolute atomic E-state index is 0.141. The first-order chi connectivity index (χ1) is 6.13. The molecule has 0 atom stereocenters. The van der Waals surface area contributed by atoms with Crippen molar-refractivity contribution in [2.45, 2.75) is 6.92 Å². The van der Waals surface area contributed by atoms with Gasteiger partial charge in [0.1, 0.15) is 5.82 Å². The Morgan fingerprint density at radius 1 is 1.62 bits per heavy atom. The zero-order valence-corrected chi connectivity index (χ0v) is 8.11. The van der Waals surface area contributed by atoms with Crippen LogP contribution >= 0.6 is 11.6 Å². The number of hydrogen-bond donors (Lipinski definition) is 1. The van der Waals surface area contributed by atoms with Gasteiger partial charge in [0, 0.05) is 6.54 Å². The predicted molar refractivity (Wildman–Crippen MR) is 54.1 cm³/mol. The average Bonchev–Trinajstić information content (AvgIpc) is 2.11. The summed E-state index contributed by atoms with van der Waals surface area (Å²) in [5.74, 6) is -0.403. The molecule has 0 unspecified atom stereocenters. The molecule has 0 saturated heterocycles. The molecular formula is C10H11ClFN. The monoisotopic (exact) mass is 199 g/mol. The van der Waals surface area contributed by atoms with Gasteiger partial charge in [-0.05, 0) is 24.6 Å². The molecule has 13 heavy (non-hydrogen) atoms. The molecule has 0 aromatic heterocycles. The topological polar surface area (TPSA) is 26.0 Å². The third kappa shape index (κ3) is 2.83. The summed E-state index contributed by atoms with van der Waals surface area (Å²) in [4.78, 5) is 0. The molecule has 0 bridgehead atoms. The maximum absolute atomic E-state index is 12.9. The first kappa shape index (κ1) is 10.2. The summed E-state index contributed by atoms with van der Waals surface area (Å²) in [6.45, 7) is 2.37. The van der Waals surface area contributed by atoms with Crippen LogP contribution in [0.25, 0.3) is 6.08 Å². The van der Waals surface area contributed by atoms with Crippen molar-refractivity contribution in [2.24, 2.45) is 5.73 Å². The fraction of sp³-hybridized carbons (Fsp3) is 0.200. The van der Waals surface area contributed by atoms with E-state index in [-0.39, 0.29) is 5.02 Å². The summed E-state index contributed by atoms with van der Waals surface area (Å²) in [5, 5.41) is 0.141. The summed E-state index contributed by atoms with van der Waals surface area (Å²) in [6.07, 6.45) is 1.83. The third-order valence-electron chi connectivity index (χ3n) is 1.68. The summed E-state index contributed by atoms with van der Waals surface area (Å²) in [5.41, 5.74) is 7.18. The molecule has 0 amide bonds. The summed E-state index contributed by atoms with van der Waals surface area (Å²) in [7, 11) is 0. The number of halogens is 2. The molecular weight excluding hydrogens is 189 g/mol. The van der Waals surface area contributed by atoms with Gasteiger partial charge >= 0.3 is 0 Å². The van der Waals surface area contributed by atoms with Gasteiger partial charge in [0.15, 0.2) is 0 Å². The Morgan fingerprint density at radius 3 is 2.85 bits per heavy atom. The summed E-state index contributed by atoms with van der Waals surface area (Å²) < 4.78 is 12.9. The lowest BCUT2D eigenvalue weighted by atomic mass is 10.1. The van der Waals surface area contributed by atoms with Gasteiger partial charge in [0.05, 0.1) is 5.02 Å². The van der Waals surface area contributed by atoms with Crippen LogP contribution in [0, 0.1) is 5.82 Å². The van der Waals surface area contributed by atoms with Crippen molar-refractivity contribution in [3.05, 3.63) is 40.2 Å². The molecule has 0 aliphatic carbocycles. The molecule has 0 spiro atoms. The van der Waals surface area contributed by atoms with Gasteiger partial charge in [-0.1, -0.05) is 29.3 Å². The Labute approximate surface area is 82.0 Å². The van der Waals surface area contributed by atoms with Gasteiger partial charge in [-0.3, -0.25) is 0 Å². The largest absolute Gasteiger partial charge is 0.327 e. The van der Waals surface area contributed by atoms with E-state index in [0.29, 0.717) is 6.54 Å². The zero-order valence-electron chi connectivity index (χ0n) is 7.35. The van der Waals surface area contributed by atoms with E-state index >= 15 is 0 Å². The lowest BCUT2D eigenvalue weighted by molar-refractivity contribution is 0.628. The van der Waals surface area contributed by atoms with Gasteiger partial charge in [-0.15, -0.1) is 0 Å². The van der Waals surface area contributed by atoms with Crippen LogP contribution in [-0.4, -0.2) is 6.54 Å². The first-order valence-electron chi connectivity index (χ1n) is 3.96. The molecule has 1 nitrogen and oxygen atoms in total. The molecule has 2 N–H and O–H groups in total. The van der Waals surface area contributed by atoms with Gasteiger partial charge in [0.25, 0.3) is 0 Å². The Bertz CT molecular complexity index is 334. The zero-order chi connectivity index (χ0) is 9.84. The second kappa shape index (κ2) is 4.40. The Balaban J connectivity index is 2.98. The van der Waals surface area contributed by atoms with Crippen molar-refractivity contribution in [3.8, 4) is 0 Å². The standard InChI is InChI=1S/C10H11ClFN/c1-7(6-13)4-8-2-3-9(11)10(12)5-8/h2-5H,6,13H2,1H3. The van der Waals surface area contributed by atoms with Crippen LogP contribution in [0.4, 0.5) is 4.39 Å². The van der Waals surface area contributed by atoms with Crippen molar-refractivity contribution in [1.82, 2.24) is 0 Å². The van der Waals surface area contributed by atoms with E-state index in [1.54, 1.807) is 6.07 Å². The lowest BCUT2D eigenvalue weighted by Crippen LogP contribution is -1.99. The van der Waals surface area contributed by atoms with Crippen molar-refractivity contribution < 1.29 is 4.39 Å². The second-order valence-corrected chi connectivity index (χ2v) is 3.28. The Kier molecular flexibility index (Phi) is 3.46. The van der Waals surface area contributed by atoms with Crippen LogP contribution in [0.2, 0.25) is 5.02 Å². The van der Waals surface area contributed by atoms with Gasteiger partial charge in [-0.2, -0.15) is 0 Å². The maximum atomic E-state index is 12.9. The molecule has 1 aromatic carbocycles. The quantitative estimate of drug-likeness (QED) is 0.779. The molecule has 0 fully saturated rings. The van der Waals surface area contributed by atoms with E-state index in [0.717, 1.165) is 11.1 Å². The van der Waals surface area contributed by atoms with Crippen molar-refractivity contribution in [3.63, 3.8) is 0 Å². The molecule has 0 aliphatic heterocycles. The normalized spacial score (nSPS) is 11.8. The van der Waals surface area contributed by atoms with Crippen molar-refractivity contribution >= 4 is 17.7 Å². The molecule has 0 radical (unpaired) electrons. The predicted octanol–water partition coefficient (Wildman–Crippen LogP) is 2.84. The van der Waals surface area contributed by atoms with E-state index in [1.165, 1.54) is 12.1 Å². The van der Waals surface area contributed by atoms with Crippen LogP contribution in [0.1, 0.15) is 12.5 Å². The van der Waals surface area contributed by atoms with Crippen LogP contribution in [-0.2, 0) is 0 Å². The number of benzene rings is 1. The van der Waals surface area contributed by atoms with Gasteiger partial charge in [-0.25, -0.2) is 4.39 Å². The lowest BCUT2D eigenvalue weighted by Gasteiger charge is -1.98. The van der Waals surface area contributed by atoms with Gasteiger partial charge in [0.2, 0.25) is 0 Å². The van der Waals surface area contributed by atoms with E-state index < -0.39 is 5.82 Å². The highest BCUT2D eigenvalue weighted by atomic mass is 35.5. The maximum Gasteiger partial charge on any atom is 0.142 e. The van der Waals surface area contributed by atoms with Crippen LogP contribution in [0.5, 0.6) is 0 Å². The summed E-state index contributed by atoms with van der Waals surface area (Å²) in [6, 6.07) is 4.68. The molecule has 1 rings (SSSR count). The van der Waals surface area contributed by atoms with E-state index in [4.69, 9.17) is 17.3 Å². The second-order valence-electron chi connectivity index (χ2n) is 2.87. The Morgan fingerprint density at radius 2 is 2.31 bits per heavy atom. The third-order valence-corrected chi connectivity index (χ3v) is 1.99. The minimum atomic E-state index is -0.403. The highest BCUT2D eigenvalue weighted by Crippen LogP contribution is 2.17. The minimum Gasteiger partial charge on any atom is -0.327 e. The molecule has 70 valence electrons. The number of rotatable bonds is 2. The fourth-order valence-electron chi connectivity index (χ4n) is 0.946. The van der Waals surface area contributed by atoms with E-state index in [9.17, 15) is 4.39 Å². The number of nitrogens with two attached hydrogens (primary N) is 1. The highest BCUT2D eigenvalue weighted by molar-refractivity contribution is 6.30. The molecule has 3 heteroatoms. The van der Waals surface area contributed by atoms with Crippen molar-refractivity contribution in [2.75, 3.05) is 6.54 Å². The smallest absolute Gasteiger partial charge is 0.142 e. The average molecular weight is 200 g/mol. The van der Waals surface area contributed by atoms with E-state index in [1.807, 2.05) is 13.0 Å². The van der Waals surface area contributed by atoms with Crippen LogP contribution in [0.3, 0.4) is 0 Å². The van der Waals surface area contributed by atoms with E-state index in [2.05, 4.69) is 0 Å². The molecule has 1 aromatic rings. The summed E-state index contributed by atoms with van der Waals surface area (Å²) >= 11 is 5.53. The first-order valence-corrected chi connectivity index (χ1v) is 4.33. The molecule has 0 heterocycles. The SMILES string of the molecule is CC(=Cc1ccc(Cl)c(F)c1)CN.